The predicted molar refractivity (Wildman–Crippen MR) is 77.3 cm³/mol. The van der Waals surface area contributed by atoms with Gasteiger partial charge in [-0.2, -0.15) is 0 Å². The van der Waals surface area contributed by atoms with Crippen molar-refractivity contribution in [2.45, 2.75) is 6.92 Å². The molecule has 1 aromatic carbocycles. The largest absolute Gasteiger partial charge is 0.399 e. The third kappa shape index (κ3) is 3.11. The van der Waals surface area contributed by atoms with Gasteiger partial charge in [0.05, 0.1) is 5.69 Å². The third-order valence-corrected chi connectivity index (χ3v) is 2.57. The quantitative estimate of drug-likeness (QED) is 0.819. The Bertz CT molecular complexity index is 611. The van der Waals surface area contributed by atoms with Gasteiger partial charge in [-0.25, -0.2) is 14.7 Å². The lowest BCUT2D eigenvalue weighted by atomic mass is 10.2. The van der Waals surface area contributed by atoms with Crippen LogP contribution in [0.15, 0.2) is 48.7 Å². The lowest BCUT2D eigenvalue weighted by Gasteiger charge is -2.19. The van der Waals surface area contributed by atoms with Gasteiger partial charge >= 0.3 is 6.03 Å². The molecule has 0 aliphatic rings. The number of amides is 3. The number of hydrogen-bond acceptors (Lipinski definition) is 4. The van der Waals surface area contributed by atoms with Crippen LogP contribution in [-0.2, 0) is 4.79 Å². The van der Waals surface area contributed by atoms with E-state index in [0.29, 0.717) is 17.2 Å². The number of benzene rings is 1. The highest BCUT2D eigenvalue weighted by molar-refractivity contribution is 6.17. The second kappa shape index (κ2) is 5.83. The maximum atomic E-state index is 12.2. The Morgan fingerprint density at radius 3 is 2.40 bits per heavy atom. The summed E-state index contributed by atoms with van der Waals surface area (Å²) < 4.78 is 0. The van der Waals surface area contributed by atoms with Crippen LogP contribution < -0.4 is 16.0 Å². The molecular weight excluding hydrogens is 256 g/mol. The van der Waals surface area contributed by atoms with Gasteiger partial charge in [0, 0.05) is 18.8 Å². The molecule has 6 heteroatoms. The van der Waals surface area contributed by atoms with E-state index in [9.17, 15) is 9.59 Å². The molecular formula is C14H14N4O2. The molecule has 0 radical (unpaired) electrons. The number of nitrogens with two attached hydrogens (primary N) is 1. The van der Waals surface area contributed by atoms with Crippen molar-refractivity contribution < 1.29 is 9.59 Å². The van der Waals surface area contributed by atoms with Crippen LogP contribution in [0.5, 0.6) is 0 Å². The number of aromatic nitrogens is 1. The van der Waals surface area contributed by atoms with E-state index in [2.05, 4.69) is 10.3 Å². The van der Waals surface area contributed by atoms with Gasteiger partial charge in [0.25, 0.3) is 0 Å². The van der Waals surface area contributed by atoms with Crippen LogP contribution in [0.3, 0.4) is 0 Å². The molecule has 20 heavy (non-hydrogen) atoms. The molecule has 0 spiro atoms. The lowest BCUT2D eigenvalue weighted by molar-refractivity contribution is -0.115. The molecule has 0 saturated heterocycles. The molecule has 0 bridgehead atoms. The molecule has 2 aromatic rings. The second-order valence-corrected chi connectivity index (χ2v) is 4.09. The topological polar surface area (TPSA) is 88.3 Å². The first-order chi connectivity index (χ1) is 9.58. The van der Waals surface area contributed by atoms with E-state index in [4.69, 9.17) is 5.73 Å². The maximum Gasteiger partial charge on any atom is 0.334 e. The average Bonchev–Trinajstić information content (AvgIpc) is 2.42. The van der Waals surface area contributed by atoms with Crippen molar-refractivity contribution in [3.05, 3.63) is 48.7 Å². The van der Waals surface area contributed by atoms with E-state index in [1.807, 2.05) is 0 Å². The minimum atomic E-state index is -0.569. The van der Waals surface area contributed by atoms with Crippen molar-refractivity contribution in [3.8, 4) is 0 Å². The number of imide groups is 1. The fourth-order valence-corrected chi connectivity index (χ4v) is 1.67. The smallest absolute Gasteiger partial charge is 0.334 e. The number of anilines is 3. The Labute approximate surface area is 116 Å². The summed E-state index contributed by atoms with van der Waals surface area (Å²) in [6.07, 6.45) is 1.55. The van der Waals surface area contributed by atoms with Crippen LogP contribution in [0.4, 0.5) is 22.0 Å². The maximum absolute atomic E-state index is 12.2. The number of hydrogen-bond donors (Lipinski definition) is 2. The summed E-state index contributed by atoms with van der Waals surface area (Å²) in [5.41, 5.74) is 6.59. The highest BCUT2D eigenvalue weighted by Gasteiger charge is 2.20. The van der Waals surface area contributed by atoms with Crippen molar-refractivity contribution in [3.63, 3.8) is 0 Å². The molecule has 0 aliphatic carbocycles. The molecule has 3 N–H and O–H groups in total. The van der Waals surface area contributed by atoms with Gasteiger partial charge in [-0.05, 0) is 36.4 Å². The van der Waals surface area contributed by atoms with Crippen LogP contribution in [0, 0.1) is 0 Å². The van der Waals surface area contributed by atoms with Crippen molar-refractivity contribution in [2.75, 3.05) is 16.0 Å². The van der Waals surface area contributed by atoms with Crippen LogP contribution in [0.1, 0.15) is 6.92 Å². The Morgan fingerprint density at radius 1 is 1.15 bits per heavy atom. The molecule has 0 unspecified atom stereocenters. The highest BCUT2D eigenvalue weighted by atomic mass is 16.2. The van der Waals surface area contributed by atoms with Gasteiger partial charge < -0.3 is 5.73 Å². The normalized spacial score (nSPS) is 9.85. The van der Waals surface area contributed by atoms with E-state index >= 15 is 0 Å². The standard InChI is InChI=1S/C14H14N4O2/c1-10(19)18(12-7-5-11(15)6-8-12)14(20)17-13-4-2-3-9-16-13/h2-9H,15H2,1H3,(H,16,17,20). The van der Waals surface area contributed by atoms with Crippen LogP contribution in [0.25, 0.3) is 0 Å². The van der Waals surface area contributed by atoms with E-state index in [1.54, 1.807) is 48.7 Å². The monoisotopic (exact) mass is 270 g/mol. The molecule has 1 aromatic heterocycles. The predicted octanol–water partition coefficient (Wildman–Crippen LogP) is 2.25. The first-order valence-corrected chi connectivity index (χ1v) is 5.96. The third-order valence-electron chi connectivity index (χ3n) is 2.57. The van der Waals surface area contributed by atoms with Crippen molar-refractivity contribution >= 4 is 29.1 Å². The zero-order valence-corrected chi connectivity index (χ0v) is 10.9. The summed E-state index contributed by atoms with van der Waals surface area (Å²) in [5, 5.41) is 2.56. The summed E-state index contributed by atoms with van der Waals surface area (Å²) in [6, 6.07) is 11.0. The fourth-order valence-electron chi connectivity index (χ4n) is 1.67. The molecule has 6 nitrogen and oxygen atoms in total. The Balaban J connectivity index is 2.23. The molecule has 0 fully saturated rings. The van der Waals surface area contributed by atoms with Crippen LogP contribution >= 0.6 is 0 Å². The summed E-state index contributed by atoms with van der Waals surface area (Å²) in [4.78, 5) is 28.8. The van der Waals surface area contributed by atoms with Gasteiger partial charge in [0.15, 0.2) is 0 Å². The first kappa shape index (κ1) is 13.5. The number of nitrogens with zero attached hydrogens (tertiary/aromatic N) is 2. The zero-order chi connectivity index (χ0) is 14.5. The molecule has 2 rings (SSSR count). The summed E-state index contributed by atoms with van der Waals surface area (Å²) in [5.74, 6) is -0.0256. The minimum Gasteiger partial charge on any atom is -0.399 e. The van der Waals surface area contributed by atoms with E-state index in [1.165, 1.54) is 6.92 Å². The first-order valence-electron chi connectivity index (χ1n) is 5.96. The van der Waals surface area contributed by atoms with E-state index in [-0.39, 0.29) is 0 Å². The van der Waals surface area contributed by atoms with Crippen LogP contribution in [-0.4, -0.2) is 16.9 Å². The molecule has 102 valence electrons. The molecule has 1 heterocycles. The number of carbonyl (C=O) groups excluding carboxylic acids is 2. The van der Waals surface area contributed by atoms with E-state index < -0.39 is 11.9 Å². The number of nitrogens with one attached hydrogen (secondary N) is 1. The minimum absolute atomic E-state index is 0.374. The van der Waals surface area contributed by atoms with Crippen molar-refractivity contribution in [1.82, 2.24) is 4.98 Å². The number of rotatable bonds is 2. The Hall–Kier alpha value is -2.89. The van der Waals surface area contributed by atoms with Crippen molar-refractivity contribution in [1.29, 1.82) is 0 Å². The van der Waals surface area contributed by atoms with Gasteiger partial charge in [-0.1, -0.05) is 6.07 Å². The number of carbonyl (C=O) groups is 2. The summed E-state index contributed by atoms with van der Waals surface area (Å²) in [7, 11) is 0. The van der Waals surface area contributed by atoms with Gasteiger partial charge in [0.2, 0.25) is 5.91 Å². The van der Waals surface area contributed by atoms with Gasteiger partial charge in [-0.15, -0.1) is 0 Å². The SMILES string of the molecule is CC(=O)N(C(=O)Nc1ccccn1)c1ccc(N)cc1. The molecule has 3 amide bonds. The molecule has 0 atom stereocenters. The number of nitrogen functional groups attached to an aromatic ring is 1. The number of pyridine rings is 1. The Kier molecular flexibility index (Phi) is 3.95. The second-order valence-electron chi connectivity index (χ2n) is 4.09. The Morgan fingerprint density at radius 2 is 1.85 bits per heavy atom. The van der Waals surface area contributed by atoms with Gasteiger partial charge in [0.1, 0.15) is 5.82 Å². The fraction of sp³-hybridized carbons (Fsp3) is 0.0714. The highest BCUT2D eigenvalue weighted by Crippen LogP contribution is 2.17. The molecule has 0 aliphatic heterocycles. The number of urea groups is 1. The van der Waals surface area contributed by atoms with Crippen LogP contribution in [0.2, 0.25) is 0 Å². The summed E-state index contributed by atoms with van der Waals surface area (Å²) >= 11 is 0. The zero-order valence-electron chi connectivity index (χ0n) is 10.9. The average molecular weight is 270 g/mol. The van der Waals surface area contributed by atoms with E-state index in [0.717, 1.165) is 4.90 Å². The lowest BCUT2D eigenvalue weighted by Crippen LogP contribution is -2.38. The van der Waals surface area contributed by atoms with Crippen molar-refractivity contribution in [2.24, 2.45) is 0 Å². The summed E-state index contributed by atoms with van der Waals surface area (Å²) in [6.45, 7) is 1.31. The molecule has 0 saturated carbocycles. The van der Waals surface area contributed by atoms with Gasteiger partial charge in [-0.3, -0.25) is 10.1 Å².